The predicted octanol–water partition coefficient (Wildman–Crippen LogP) is 2.80. The Morgan fingerprint density at radius 3 is 2.67 bits per heavy atom. The van der Waals surface area contributed by atoms with Gasteiger partial charge in [-0.2, -0.15) is 0 Å². The van der Waals surface area contributed by atoms with Gasteiger partial charge in [-0.15, -0.1) is 0 Å². The fourth-order valence-corrected chi connectivity index (χ4v) is 3.10. The Hall–Kier alpha value is -2.51. The SMILES string of the molecule is O=C(NS(=O)(=O)/C=C\c1ccccc1)c1cc(Cl)c2c(c1)OCO2. The molecule has 1 aliphatic heterocycles. The molecular formula is C16H12ClNO5S. The molecule has 0 unspecified atom stereocenters. The number of carbonyl (C=O) groups excluding carboxylic acids is 1. The molecule has 0 spiro atoms. The zero-order valence-electron chi connectivity index (χ0n) is 12.2. The summed E-state index contributed by atoms with van der Waals surface area (Å²) in [6, 6.07) is 11.5. The number of fused-ring (bicyclic) bond motifs is 1. The molecule has 2 aromatic carbocycles. The Morgan fingerprint density at radius 1 is 1.17 bits per heavy atom. The minimum atomic E-state index is -3.95. The molecule has 0 saturated heterocycles. The molecule has 1 aliphatic rings. The van der Waals surface area contributed by atoms with Crippen molar-refractivity contribution >= 4 is 33.6 Å². The lowest BCUT2D eigenvalue weighted by Crippen LogP contribution is -2.28. The van der Waals surface area contributed by atoms with Gasteiger partial charge in [-0.25, -0.2) is 13.1 Å². The summed E-state index contributed by atoms with van der Waals surface area (Å²) in [6.45, 7) is -0.00175. The molecule has 0 radical (unpaired) electrons. The number of hydrogen-bond donors (Lipinski definition) is 1. The maximum absolute atomic E-state index is 12.1. The Bertz CT molecular complexity index is 910. The number of sulfonamides is 1. The van der Waals surface area contributed by atoms with Gasteiger partial charge >= 0.3 is 0 Å². The molecule has 3 rings (SSSR count). The van der Waals surface area contributed by atoms with E-state index in [0.29, 0.717) is 17.1 Å². The lowest BCUT2D eigenvalue weighted by molar-refractivity contribution is 0.0981. The van der Waals surface area contributed by atoms with E-state index in [-0.39, 0.29) is 17.4 Å². The Labute approximate surface area is 143 Å². The van der Waals surface area contributed by atoms with E-state index in [2.05, 4.69) is 0 Å². The van der Waals surface area contributed by atoms with Crippen molar-refractivity contribution in [3.63, 3.8) is 0 Å². The first-order valence-electron chi connectivity index (χ1n) is 6.84. The van der Waals surface area contributed by atoms with Crippen molar-refractivity contribution in [2.45, 2.75) is 0 Å². The predicted molar refractivity (Wildman–Crippen MR) is 89.4 cm³/mol. The van der Waals surface area contributed by atoms with Crippen molar-refractivity contribution in [3.05, 3.63) is 64.0 Å². The molecule has 2 aromatic rings. The van der Waals surface area contributed by atoms with Crippen LogP contribution in [0.2, 0.25) is 5.02 Å². The zero-order chi connectivity index (χ0) is 17.2. The monoisotopic (exact) mass is 365 g/mol. The highest BCUT2D eigenvalue weighted by Gasteiger charge is 2.22. The van der Waals surface area contributed by atoms with Gasteiger partial charge in [0, 0.05) is 5.56 Å². The van der Waals surface area contributed by atoms with Crippen LogP contribution in [0.3, 0.4) is 0 Å². The van der Waals surface area contributed by atoms with Crippen LogP contribution in [-0.4, -0.2) is 21.1 Å². The van der Waals surface area contributed by atoms with E-state index in [4.69, 9.17) is 21.1 Å². The fraction of sp³-hybridized carbons (Fsp3) is 0.0625. The number of benzene rings is 2. The molecule has 0 atom stereocenters. The average molecular weight is 366 g/mol. The molecule has 8 heteroatoms. The summed E-state index contributed by atoms with van der Waals surface area (Å²) in [5, 5.41) is 1.10. The van der Waals surface area contributed by atoms with Crippen LogP contribution in [-0.2, 0) is 10.0 Å². The fourth-order valence-electron chi connectivity index (χ4n) is 2.05. The van der Waals surface area contributed by atoms with Crippen LogP contribution in [0.15, 0.2) is 47.9 Å². The van der Waals surface area contributed by atoms with Crippen molar-refractivity contribution in [1.29, 1.82) is 0 Å². The van der Waals surface area contributed by atoms with Crippen LogP contribution in [0.4, 0.5) is 0 Å². The normalized spacial score (nSPS) is 13.2. The molecular weight excluding hydrogens is 354 g/mol. The molecule has 24 heavy (non-hydrogen) atoms. The molecule has 124 valence electrons. The summed E-state index contributed by atoms with van der Waals surface area (Å²) < 4.78 is 36.2. The maximum atomic E-state index is 12.1. The largest absolute Gasteiger partial charge is 0.454 e. The van der Waals surface area contributed by atoms with E-state index < -0.39 is 15.9 Å². The van der Waals surface area contributed by atoms with Crippen molar-refractivity contribution in [3.8, 4) is 11.5 Å². The van der Waals surface area contributed by atoms with Crippen LogP contribution >= 0.6 is 11.6 Å². The topological polar surface area (TPSA) is 81.7 Å². The second-order valence-corrected chi connectivity index (χ2v) is 6.85. The van der Waals surface area contributed by atoms with Crippen LogP contribution in [0.25, 0.3) is 6.08 Å². The Balaban J connectivity index is 1.77. The first kappa shape index (κ1) is 16.4. The molecule has 0 aliphatic carbocycles. The van der Waals surface area contributed by atoms with Gasteiger partial charge in [-0.1, -0.05) is 41.9 Å². The van der Waals surface area contributed by atoms with Crippen molar-refractivity contribution in [2.75, 3.05) is 6.79 Å². The van der Waals surface area contributed by atoms with E-state index in [1.165, 1.54) is 18.2 Å². The summed E-state index contributed by atoms with van der Waals surface area (Å²) in [6.07, 6.45) is 1.39. The van der Waals surface area contributed by atoms with Crippen LogP contribution in [0.1, 0.15) is 15.9 Å². The number of hydrogen-bond acceptors (Lipinski definition) is 5. The minimum Gasteiger partial charge on any atom is -0.454 e. The number of nitrogens with one attached hydrogen (secondary N) is 1. The number of amides is 1. The smallest absolute Gasteiger partial charge is 0.265 e. The van der Waals surface area contributed by atoms with E-state index in [1.807, 2.05) is 10.8 Å². The molecule has 6 nitrogen and oxygen atoms in total. The second-order valence-electron chi connectivity index (χ2n) is 4.88. The highest BCUT2D eigenvalue weighted by Crippen LogP contribution is 2.39. The molecule has 1 amide bonds. The number of ether oxygens (including phenoxy) is 2. The molecule has 0 fully saturated rings. The lowest BCUT2D eigenvalue weighted by Gasteiger charge is -2.06. The van der Waals surface area contributed by atoms with Gasteiger partial charge in [0.25, 0.3) is 15.9 Å². The van der Waals surface area contributed by atoms with Gasteiger partial charge < -0.3 is 9.47 Å². The number of rotatable bonds is 4. The van der Waals surface area contributed by atoms with Gasteiger partial charge in [0.05, 0.1) is 10.4 Å². The van der Waals surface area contributed by atoms with Crippen LogP contribution in [0, 0.1) is 0 Å². The van der Waals surface area contributed by atoms with Gasteiger partial charge in [0.2, 0.25) is 6.79 Å². The first-order valence-corrected chi connectivity index (χ1v) is 8.76. The van der Waals surface area contributed by atoms with E-state index in [9.17, 15) is 13.2 Å². The third kappa shape index (κ3) is 3.69. The molecule has 0 bridgehead atoms. The standard InChI is InChI=1S/C16H12ClNO5S/c17-13-8-12(9-14-15(13)23-10-22-14)16(19)18-24(20,21)7-6-11-4-2-1-3-5-11/h1-9H,10H2,(H,18,19)/b7-6-. The van der Waals surface area contributed by atoms with Gasteiger partial charge in [0.15, 0.2) is 11.5 Å². The second kappa shape index (κ2) is 6.54. The van der Waals surface area contributed by atoms with E-state index in [1.54, 1.807) is 24.3 Å². The van der Waals surface area contributed by atoms with E-state index in [0.717, 1.165) is 5.41 Å². The van der Waals surface area contributed by atoms with Crippen LogP contribution in [0.5, 0.6) is 11.5 Å². The summed E-state index contributed by atoms with van der Waals surface area (Å²) in [4.78, 5) is 12.1. The third-order valence-electron chi connectivity index (χ3n) is 3.16. The molecule has 1 N–H and O–H groups in total. The summed E-state index contributed by atoms with van der Waals surface area (Å²) in [7, 11) is -3.95. The lowest BCUT2D eigenvalue weighted by atomic mass is 10.2. The van der Waals surface area contributed by atoms with Crippen molar-refractivity contribution < 1.29 is 22.7 Å². The maximum Gasteiger partial charge on any atom is 0.265 e. The van der Waals surface area contributed by atoms with Gasteiger partial charge in [0.1, 0.15) is 0 Å². The van der Waals surface area contributed by atoms with Crippen LogP contribution < -0.4 is 14.2 Å². The highest BCUT2D eigenvalue weighted by molar-refractivity contribution is 7.93. The quantitative estimate of drug-likeness (QED) is 0.901. The zero-order valence-corrected chi connectivity index (χ0v) is 13.8. The summed E-state index contributed by atoms with van der Waals surface area (Å²) in [5.41, 5.74) is 0.752. The highest BCUT2D eigenvalue weighted by atomic mass is 35.5. The minimum absolute atomic E-state index is 0.00175. The van der Waals surface area contributed by atoms with Crippen molar-refractivity contribution in [2.24, 2.45) is 0 Å². The van der Waals surface area contributed by atoms with E-state index >= 15 is 0 Å². The van der Waals surface area contributed by atoms with Gasteiger partial charge in [-0.05, 0) is 23.8 Å². The van der Waals surface area contributed by atoms with Crippen molar-refractivity contribution in [1.82, 2.24) is 4.72 Å². The average Bonchev–Trinajstić information content (AvgIpc) is 3.03. The molecule has 0 saturated carbocycles. The van der Waals surface area contributed by atoms with Gasteiger partial charge in [-0.3, -0.25) is 4.79 Å². The summed E-state index contributed by atoms with van der Waals surface area (Å²) in [5.74, 6) is -0.183. The number of carbonyl (C=O) groups is 1. The third-order valence-corrected chi connectivity index (χ3v) is 4.41. The summed E-state index contributed by atoms with van der Waals surface area (Å²) >= 11 is 5.98. The Kier molecular flexibility index (Phi) is 4.46. The first-order chi connectivity index (χ1) is 11.4. The molecule has 0 aromatic heterocycles. The molecule has 1 heterocycles. The Morgan fingerprint density at radius 2 is 1.92 bits per heavy atom. The number of halogens is 1.